The van der Waals surface area contributed by atoms with Crippen LogP contribution in [-0.4, -0.2) is 21.2 Å². The number of thioether (sulfide) groups is 1. The zero-order valence-corrected chi connectivity index (χ0v) is 16.0. The van der Waals surface area contributed by atoms with E-state index >= 15 is 0 Å². The molecule has 0 atom stereocenters. The Kier molecular flexibility index (Phi) is 5.34. The number of carbonyl (C=O) groups is 1. The molecule has 0 saturated carbocycles. The van der Waals surface area contributed by atoms with Crippen LogP contribution < -0.4 is 11.3 Å². The summed E-state index contributed by atoms with van der Waals surface area (Å²) in [6, 6.07) is 12.7. The molecule has 0 fully saturated rings. The van der Waals surface area contributed by atoms with E-state index in [0.29, 0.717) is 21.1 Å². The van der Waals surface area contributed by atoms with Gasteiger partial charge in [-0.2, -0.15) is 0 Å². The second-order valence-electron chi connectivity index (χ2n) is 6.16. The van der Waals surface area contributed by atoms with E-state index < -0.39 is 5.91 Å². The zero-order chi connectivity index (χ0) is 18.8. The first-order valence-electron chi connectivity index (χ1n) is 8.11. The van der Waals surface area contributed by atoms with Crippen molar-refractivity contribution in [2.24, 2.45) is 5.73 Å². The number of hydrogen-bond acceptors (Lipinski definition) is 4. The summed E-state index contributed by atoms with van der Waals surface area (Å²) < 4.78 is 1.55. The molecule has 3 rings (SSSR count). The second kappa shape index (κ2) is 7.51. The number of fused-ring (bicyclic) bond motifs is 1. The average Bonchev–Trinajstić information content (AvgIpc) is 2.59. The van der Waals surface area contributed by atoms with Gasteiger partial charge in [0.05, 0.1) is 22.3 Å². The van der Waals surface area contributed by atoms with E-state index in [9.17, 15) is 9.59 Å². The largest absolute Gasteiger partial charge is 0.369 e. The minimum absolute atomic E-state index is 0.0301. The van der Waals surface area contributed by atoms with E-state index in [1.807, 2.05) is 24.3 Å². The number of amides is 1. The number of rotatable bonds is 5. The van der Waals surface area contributed by atoms with Crippen LogP contribution in [0.5, 0.6) is 0 Å². The van der Waals surface area contributed by atoms with Gasteiger partial charge in [0.2, 0.25) is 5.91 Å². The number of hydrogen-bond donors (Lipinski definition) is 1. The molecule has 0 bridgehead atoms. The minimum Gasteiger partial charge on any atom is -0.369 e. The molecule has 0 aliphatic carbocycles. The third-order valence-corrected chi connectivity index (χ3v) is 5.14. The standard InChI is InChI=1S/C19H18ClN3O2S/c1-11(2)13-5-3-4-6-16(13)23-18(25)14-8-7-12(20)9-15(14)22-19(23)26-10-17(21)24/h3-9,11H,10H2,1-2H3,(H2,21,24). The lowest BCUT2D eigenvalue weighted by molar-refractivity contribution is -0.115. The SMILES string of the molecule is CC(C)c1ccccc1-n1c(SCC(N)=O)nc2cc(Cl)ccc2c1=O. The van der Waals surface area contributed by atoms with E-state index in [1.54, 1.807) is 22.8 Å². The monoisotopic (exact) mass is 387 g/mol. The van der Waals surface area contributed by atoms with Gasteiger partial charge in [-0.25, -0.2) is 4.98 Å². The fourth-order valence-electron chi connectivity index (χ4n) is 2.76. The van der Waals surface area contributed by atoms with Crippen LogP contribution in [0.3, 0.4) is 0 Å². The van der Waals surface area contributed by atoms with Crippen LogP contribution in [0.4, 0.5) is 0 Å². The number of para-hydroxylation sites is 1. The third kappa shape index (κ3) is 3.61. The smallest absolute Gasteiger partial charge is 0.266 e. The van der Waals surface area contributed by atoms with Gasteiger partial charge in [0.1, 0.15) is 0 Å². The van der Waals surface area contributed by atoms with Crippen molar-refractivity contribution in [3.05, 3.63) is 63.4 Å². The fourth-order valence-corrected chi connectivity index (χ4v) is 3.67. The van der Waals surface area contributed by atoms with Crippen molar-refractivity contribution >= 4 is 40.2 Å². The molecule has 5 nitrogen and oxygen atoms in total. The molecule has 2 aromatic carbocycles. The Labute approximate surface area is 160 Å². The van der Waals surface area contributed by atoms with Gasteiger partial charge in [-0.15, -0.1) is 0 Å². The number of nitrogens with two attached hydrogens (primary N) is 1. The van der Waals surface area contributed by atoms with Crippen molar-refractivity contribution in [3.8, 4) is 5.69 Å². The Morgan fingerprint density at radius 2 is 2.00 bits per heavy atom. The minimum atomic E-state index is -0.473. The van der Waals surface area contributed by atoms with Gasteiger partial charge in [-0.1, -0.05) is 55.4 Å². The van der Waals surface area contributed by atoms with Crippen molar-refractivity contribution in [1.82, 2.24) is 9.55 Å². The van der Waals surface area contributed by atoms with E-state index in [-0.39, 0.29) is 17.2 Å². The predicted molar refractivity (Wildman–Crippen MR) is 106 cm³/mol. The maximum absolute atomic E-state index is 13.2. The summed E-state index contributed by atoms with van der Waals surface area (Å²) in [4.78, 5) is 29.1. The molecule has 0 radical (unpaired) electrons. The number of carbonyl (C=O) groups excluding carboxylic acids is 1. The molecule has 0 saturated heterocycles. The summed E-state index contributed by atoms with van der Waals surface area (Å²) >= 11 is 7.18. The van der Waals surface area contributed by atoms with E-state index in [2.05, 4.69) is 18.8 Å². The number of nitrogens with zero attached hydrogens (tertiary/aromatic N) is 2. The van der Waals surface area contributed by atoms with Gasteiger partial charge in [0.15, 0.2) is 5.16 Å². The van der Waals surface area contributed by atoms with Crippen LogP contribution in [0.25, 0.3) is 16.6 Å². The highest BCUT2D eigenvalue weighted by atomic mass is 35.5. The molecule has 3 aromatic rings. The molecule has 0 unspecified atom stereocenters. The van der Waals surface area contributed by atoms with Gasteiger partial charge in [-0.3, -0.25) is 14.2 Å². The van der Waals surface area contributed by atoms with E-state index in [1.165, 1.54) is 0 Å². The number of aromatic nitrogens is 2. The van der Waals surface area contributed by atoms with Gasteiger partial charge in [0, 0.05) is 5.02 Å². The van der Waals surface area contributed by atoms with E-state index in [0.717, 1.165) is 23.0 Å². The Bertz CT molecular complexity index is 1050. The topological polar surface area (TPSA) is 78.0 Å². The Morgan fingerprint density at radius 1 is 1.27 bits per heavy atom. The number of primary amides is 1. The maximum atomic E-state index is 13.2. The Morgan fingerprint density at radius 3 is 2.69 bits per heavy atom. The summed E-state index contributed by atoms with van der Waals surface area (Å²) in [5.74, 6) is -0.227. The molecule has 134 valence electrons. The van der Waals surface area contributed by atoms with Crippen LogP contribution >= 0.6 is 23.4 Å². The second-order valence-corrected chi connectivity index (χ2v) is 7.54. The summed E-state index contributed by atoms with van der Waals surface area (Å²) in [6.07, 6.45) is 0. The lowest BCUT2D eigenvalue weighted by Crippen LogP contribution is -2.24. The molecule has 26 heavy (non-hydrogen) atoms. The van der Waals surface area contributed by atoms with Crippen molar-refractivity contribution in [2.45, 2.75) is 24.9 Å². The summed E-state index contributed by atoms with van der Waals surface area (Å²) in [5.41, 5.74) is 7.35. The molecular formula is C19H18ClN3O2S. The molecule has 0 aliphatic heterocycles. The van der Waals surface area contributed by atoms with Crippen molar-refractivity contribution in [2.75, 3.05) is 5.75 Å². The van der Waals surface area contributed by atoms with Gasteiger partial charge >= 0.3 is 0 Å². The van der Waals surface area contributed by atoms with Crippen molar-refractivity contribution in [1.29, 1.82) is 0 Å². The zero-order valence-electron chi connectivity index (χ0n) is 14.4. The van der Waals surface area contributed by atoms with Crippen LogP contribution in [0, 0.1) is 0 Å². The molecule has 1 heterocycles. The van der Waals surface area contributed by atoms with Crippen LogP contribution in [-0.2, 0) is 4.79 Å². The van der Waals surface area contributed by atoms with Crippen molar-refractivity contribution in [3.63, 3.8) is 0 Å². The molecule has 0 spiro atoms. The summed E-state index contributed by atoms with van der Waals surface area (Å²) in [6.45, 7) is 4.13. The van der Waals surface area contributed by atoms with Crippen molar-refractivity contribution < 1.29 is 4.79 Å². The highest BCUT2D eigenvalue weighted by Gasteiger charge is 2.17. The quantitative estimate of drug-likeness (QED) is 0.534. The van der Waals surface area contributed by atoms with Gasteiger partial charge in [0.25, 0.3) is 5.56 Å². The molecular weight excluding hydrogens is 370 g/mol. The first kappa shape index (κ1) is 18.5. The highest BCUT2D eigenvalue weighted by Crippen LogP contribution is 2.27. The van der Waals surface area contributed by atoms with E-state index in [4.69, 9.17) is 17.3 Å². The fraction of sp³-hybridized carbons (Fsp3) is 0.211. The summed E-state index contributed by atoms with van der Waals surface area (Å²) in [7, 11) is 0. The number of benzene rings is 2. The lowest BCUT2D eigenvalue weighted by atomic mass is 10.0. The number of halogens is 1. The third-order valence-electron chi connectivity index (χ3n) is 3.94. The van der Waals surface area contributed by atoms with Crippen LogP contribution in [0.15, 0.2) is 52.4 Å². The Hall–Kier alpha value is -2.31. The predicted octanol–water partition coefficient (Wildman–Crippen LogP) is 3.74. The first-order valence-corrected chi connectivity index (χ1v) is 9.47. The average molecular weight is 388 g/mol. The molecule has 7 heteroatoms. The molecule has 0 aliphatic rings. The summed E-state index contributed by atoms with van der Waals surface area (Å²) in [5, 5.41) is 1.38. The van der Waals surface area contributed by atoms with Crippen LogP contribution in [0.2, 0.25) is 5.02 Å². The highest BCUT2D eigenvalue weighted by molar-refractivity contribution is 7.99. The lowest BCUT2D eigenvalue weighted by Gasteiger charge is -2.18. The molecule has 1 amide bonds. The molecule has 2 N–H and O–H groups in total. The normalized spacial score (nSPS) is 11.2. The van der Waals surface area contributed by atoms with Crippen LogP contribution in [0.1, 0.15) is 25.3 Å². The molecule has 1 aromatic heterocycles. The van der Waals surface area contributed by atoms with Gasteiger partial charge in [-0.05, 0) is 35.7 Å². The Balaban J connectivity index is 2.34. The van der Waals surface area contributed by atoms with Gasteiger partial charge < -0.3 is 5.73 Å². The first-order chi connectivity index (χ1) is 12.4. The maximum Gasteiger partial charge on any atom is 0.266 e.